The van der Waals surface area contributed by atoms with Crippen LogP contribution in [0.5, 0.6) is 5.75 Å². The average Bonchev–Trinajstić information content (AvgIpc) is 2.48. The van der Waals surface area contributed by atoms with Gasteiger partial charge in [-0.25, -0.2) is 0 Å². The Balaban J connectivity index is 2.16. The molecule has 2 rings (SSSR count). The van der Waals surface area contributed by atoms with Crippen molar-refractivity contribution in [2.24, 2.45) is 0 Å². The maximum atomic E-state index is 5.95. The zero-order valence-corrected chi connectivity index (χ0v) is 15.7. The van der Waals surface area contributed by atoms with Crippen molar-refractivity contribution in [3.8, 4) is 5.75 Å². The first kappa shape index (κ1) is 17.0. The summed E-state index contributed by atoms with van der Waals surface area (Å²) in [5, 5.41) is 3.43. The van der Waals surface area contributed by atoms with Crippen LogP contribution in [-0.4, -0.2) is 12.3 Å². The van der Waals surface area contributed by atoms with Gasteiger partial charge < -0.3 is 14.8 Å². The molecule has 0 radical (unpaired) electrons. The second-order valence-corrected chi connectivity index (χ2v) is 6.59. The minimum absolute atomic E-state index is 0.342. The van der Waals surface area contributed by atoms with E-state index in [0.717, 1.165) is 26.1 Å². The predicted octanol–water partition coefficient (Wildman–Crippen LogP) is 4.83. The molecule has 0 fully saturated rings. The molecule has 0 saturated carbocycles. The molecule has 0 aromatic heterocycles. The van der Waals surface area contributed by atoms with E-state index < -0.39 is 0 Å². The van der Waals surface area contributed by atoms with Gasteiger partial charge in [-0.3, -0.25) is 0 Å². The van der Waals surface area contributed by atoms with Gasteiger partial charge >= 0.3 is 0 Å². The molecule has 2 aromatic rings. The Kier molecular flexibility index (Phi) is 6.02. The van der Waals surface area contributed by atoms with Crippen LogP contribution >= 0.6 is 34.8 Å². The highest BCUT2D eigenvalue weighted by atomic mass is 127. The minimum Gasteiger partial charge on any atom is -0.489 e. The van der Waals surface area contributed by atoms with Crippen molar-refractivity contribution in [3.63, 3.8) is 0 Å². The van der Waals surface area contributed by atoms with Gasteiger partial charge in [0.2, 0.25) is 0 Å². The third-order valence-corrected chi connectivity index (χ3v) is 4.15. The highest BCUT2D eigenvalue weighted by Crippen LogP contribution is 2.24. The molecule has 0 heterocycles. The zero-order chi connectivity index (χ0) is 16.1. The summed E-state index contributed by atoms with van der Waals surface area (Å²) in [7, 11) is 1.55. The molecule has 0 atom stereocenters. The summed E-state index contributed by atoms with van der Waals surface area (Å²) in [6.07, 6.45) is 0. The summed E-state index contributed by atoms with van der Waals surface area (Å²) < 4.78 is 12.1. The van der Waals surface area contributed by atoms with Crippen LogP contribution in [0.3, 0.4) is 0 Å². The molecule has 0 aliphatic rings. The van der Waals surface area contributed by atoms with Crippen LogP contribution in [0.1, 0.15) is 16.7 Å². The fraction of sp³-hybridized carbons (Fsp3) is 0.235. The molecule has 0 bridgehead atoms. The number of hydrogen-bond donors (Lipinski definition) is 1. The van der Waals surface area contributed by atoms with Crippen molar-refractivity contribution in [1.82, 2.24) is 0 Å². The van der Waals surface area contributed by atoms with E-state index >= 15 is 0 Å². The van der Waals surface area contributed by atoms with Gasteiger partial charge in [-0.2, -0.15) is 0 Å². The van der Waals surface area contributed by atoms with Crippen LogP contribution in [0.25, 0.3) is 0 Å². The molecule has 3 nitrogen and oxygen atoms in total. The Morgan fingerprint density at radius 2 is 1.95 bits per heavy atom. The number of halogens is 1. The summed E-state index contributed by atoms with van der Waals surface area (Å²) in [4.78, 5) is 0. The second kappa shape index (κ2) is 7.78. The Morgan fingerprint density at radius 1 is 1.18 bits per heavy atom. The van der Waals surface area contributed by atoms with Crippen molar-refractivity contribution < 1.29 is 9.47 Å². The largest absolute Gasteiger partial charge is 0.489 e. The van der Waals surface area contributed by atoms with E-state index in [2.05, 4.69) is 53.9 Å². The van der Waals surface area contributed by atoms with E-state index in [0.29, 0.717) is 11.8 Å². The lowest BCUT2D eigenvalue weighted by Gasteiger charge is -2.14. The maximum Gasteiger partial charge on any atom is 0.260 e. The predicted molar refractivity (Wildman–Crippen MR) is 103 cm³/mol. The lowest BCUT2D eigenvalue weighted by atomic mass is 10.1. The van der Waals surface area contributed by atoms with Gasteiger partial charge in [0, 0.05) is 14.8 Å². The fourth-order valence-corrected chi connectivity index (χ4v) is 2.67. The molecule has 0 aliphatic heterocycles. The molecular formula is C17H18INO2S. The highest BCUT2D eigenvalue weighted by molar-refractivity contribution is 14.1. The number of nitrogens with one attached hydrogen (secondary N) is 1. The lowest BCUT2D eigenvalue weighted by molar-refractivity contribution is 0.304. The van der Waals surface area contributed by atoms with Gasteiger partial charge in [0.05, 0.1) is 7.11 Å². The van der Waals surface area contributed by atoms with E-state index in [1.165, 1.54) is 5.56 Å². The quantitative estimate of drug-likeness (QED) is 0.560. The van der Waals surface area contributed by atoms with E-state index in [-0.39, 0.29) is 0 Å². The van der Waals surface area contributed by atoms with Crippen LogP contribution in [0.15, 0.2) is 36.4 Å². The first-order valence-electron chi connectivity index (χ1n) is 6.83. The summed E-state index contributed by atoms with van der Waals surface area (Å²) in [6, 6.07) is 12.3. The van der Waals surface area contributed by atoms with Crippen LogP contribution in [0, 0.1) is 17.4 Å². The summed E-state index contributed by atoms with van der Waals surface area (Å²) >= 11 is 7.34. The standard InChI is InChI=1S/C17H18INO2S/c1-11-4-7-16(12(2)8-11)21-10-13-5-6-14(18)9-15(13)19-17(22)20-3/h4-9H,10H2,1-3H3,(H,19,22). The first-order chi connectivity index (χ1) is 10.5. The van der Waals surface area contributed by atoms with Crippen molar-refractivity contribution in [1.29, 1.82) is 0 Å². The molecule has 0 saturated heterocycles. The zero-order valence-electron chi connectivity index (χ0n) is 12.8. The van der Waals surface area contributed by atoms with Crippen molar-refractivity contribution in [2.45, 2.75) is 20.5 Å². The molecule has 22 heavy (non-hydrogen) atoms. The van der Waals surface area contributed by atoms with Crippen LogP contribution < -0.4 is 10.1 Å². The molecule has 0 spiro atoms. The van der Waals surface area contributed by atoms with E-state index in [1.54, 1.807) is 7.11 Å². The van der Waals surface area contributed by atoms with Crippen LogP contribution in [-0.2, 0) is 11.3 Å². The summed E-state index contributed by atoms with van der Waals surface area (Å²) in [6.45, 7) is 4.59. The van der Waals surface area contributed by atoms with E-state index in [1.807, 2.05) is 24.3 Å². The van der Waals surface area contributed by atoms with Crippen molar-refractivity contribution >= 4 is 45.7 Å². The minimum atomic E-state index is 0.342. The SMILES string of the molecule is COC(=S)Nc1cc(I)ccc1COc1ccc(C)cc1C. The summed E-state index contributed by atoms with van der Waals surface area (Å²) in [5.74, 6) is 0.893. The van der Waals surface area contributed by atoms with Crippen LogP contribution in [0.2, 0.25) is 0 Å². The Hall–Kier alpha value is -1.34. The number of anilines is 1. The van der Waals surface area contributed by atoms with Gasteiger partial charge in [0.25, 0.3) is 5.17 Å². The van der Waals surface area contributed by atoms with E-state index in [4.69, 9.17) is 21.7 Å². The molecule has 0 aliphatic carbocycles. The molecule has 0 unspecified atom stereocenters. The molecule has 1 N–H and O–H groups in total. The number of rotatable bonds is 4. The van der Waals surface area contributed by atoms with Gasteiger partial charge in [-0.1, -0.05) is 23.8 Å². The fourth-order valence-electron chi connectivity index (χ4n) is 2.07. The number of thiocarbonyl (C=S) groups is 1. The number of benzene rings is 2. The van der Waals surface area contributed by atoms with Gasteiger partial charge in [0.1, 0.15) is 12.4 Å². The lowest BCUT2D eigenvalue weighted by Crippen LogP contribution is -2.13. The second-order valence-electron chi connectivity index (χ2n) is 4.98. The number of aryl methyl sites for hydroxylation is 2. The Labute approximate surface area is 150 Å². The molecule has 0 amide bonds. The monoisotopic (exact) mass is 427 g/mol. The van der Waals surface area contributed by atoms with Crippen molar-refractivity contribution in [2.75, 3.05) is 12.4 Å². The third-order valence-electron chi connectivity index (χ3n) is 3.21. The highest BCUT2D eigenvalue weighted by Gasteiger charge is 2.08. The van der Waals surface area contributed by atoms with Gasteiger partial charge in [0.15, 0.2) is 0 Å². The Bertz CT molecular complexity index is 688. The third kappa shape index (κ3) is 4.58. The molecule has 116 valence electrons. The van der Waals surface area contributed by atoms with Gasteiger partial charge in [-0.15, -0.1) is 0 Å². The van der Waals surface area contributed by atoms with Gasteiger partial charge in [-0.05, 0) is 72.4 Å². The average molecular weight is 427 g/mol. The molecule has 5 heteroatoms. The topological polar surface area (TPSA) is 30.5 Å². The van der Waals surface area contributed by atoms with Crippen molar-refractivity contribution in [3.05, 3.63) is 56.7 Å². The molecule has 2 aromatic carbocycles. The smallest absolute Gasteiger partial charge is 0.260 e. The summed E-state index contributed by atoms with van der Waals surface area (Å²) in [5.41, 5.74) is 4.29. The van der Waals surface area contributed by atoms with E-state index in [9.17, 15) is 0 Å². The maximum absolute atomic E-state index is 5.95. The Morgan fingerprint density at radius 3 is 2.64 bits per heavy atom. The van der Waals surface area contributed by atoms with Crippen LogP contribution in [0.4, 0.5) is 5.69 Å². The number of hydrogen-bond acceptors (Lipinski definition) is 3. The number of ether oxygens (including phenoxy) is 2. The molecular weight excluding hydrogens is 409 g/mol. The normalized spacial score (nSPS) is 10.2. The number of methoxy groups -OCH3 is 1. The first-order valence-corrected chi connectivity index (χ1v) is 8.31.